The van der Waals surface area contributed by atoms with Gasteiger partial charge in [-0.25, -0.2) is 0 Å². The summed E-state index contributed by atoms with van der Waals surface area (Å²) in [6.45, 7) is 0. The van der Waals surface area contributed by atoms with Gasteiger partial charge in [0.1, 0.15) is 0 Å². The second-order valence-electron chi connectivity index (χ2n) is 4.41. The van der Waals surface area contributed by atoms with E-state index in [-0.39, 0.29) is 0 Å². The van der Waals surface area contributed by atoms with E-state index < -0.39 is 0 Å². The van der Waals surface area contributed by atoms with E-state index >= 15 is 0 Å². The molecule has 0 aliphatic carbocycles. The monoisotopic (exact) mass is 376 g/mol. The van der Waals surface area contributed by atoms with Gasteiger partial charge in [-0.2, -0.15) is 0 Å². The number of hydrogen-bond donors (Lipinski definition) is 0. The molecular formula is C16H9BrOSe. The Bertz CT molecular complexity index is 871. The number of halogens is 1. The predicted molar refractivity (Wildman–Crippen MR) is 83.8 cm³/mol. The fourth-order valence-electron chi connectivity index (χ4n) is 2.32. The summed E-state index contributed by atoms with van der Waals surface area (Å²) < 4.78 is 8.49. The number of fused-ring (bicyclic) bond motifs is 3. The molecule has 0 radical (unpaired) electrons. The van der Waals surface area contributed by atoms with Crippen LogP contribution in [0.5, 0.6) is 0 Å². The number of benzene rings is 2. The summed E-state index contributed by atoms with van der Waals surface area (Å²) in [4.78, 5) is 2.32. The fourth-order valence-corrected chi connectivity index (χ4v) is 4.69. The van der Waals surface area contributed by atoms with E-state index in [0.717, 1.165) is 15.6 Å². The van der Waals surface area contributed by atoms with Crippen molar-refractivity contribution in [2.24, 2.45) is 0 Å². The molecule has 0 spiro atoms. The van der Waals surface area contributed by atoms with E-state index in [2.05, 4.69) is 57.3 Å². The SMILES string of the molecule is Brc1ccc(-c2[se]cc3c2oc2ccccc23)cc1. The molecule has 2 heterocycles. The van der Waals surface area contributed by atoms with Crippen LogP contribution in [-0.2, 0) is 0 Å². The molecule has 2 aromatic carbocycles. The van der Waals surface area contributed by atoms with Crippen LogP contribution < -0.4 is 0 Å². The topological polar surface area (TPSA) is 13.1 Å². The maximum absolute atomic E-state index is 6.04. The Hall–Kier alpha value is -1.28. The molecule has 0 aliphatic rings. The molecule has 1 nitrogen and oxygen atoms in total. The molecular weight excluding hydrogens is 367 g/mol. The quantitative estimate of drug-likeness (QED) is 0.423. The molecule has 0 unspecified atom stereocenters. The van der Waals surface area contributed by atoms with Crippen LogP contribution in [0, 0.1) is 0 Å². The molecule has 0 atom stereocenters. The normalized spacial score (nSPS) is 11.4. The molecule has 0 saturated heterocycles. The molecule has 0 N–H and O–H groups in total. The zero-order valence-corrected chi connectivity index (χ0v) is 13.2. The second kappa shape index (κ2) is 4.38. The van der Waals surface area contributed by atoms with Crippen molar-refractivity contribution in [3.8, 4) is 10.0 Å². The van der Waals surface area contributed by atoms with Crippen molar-refractivity contribution < 1.29 is 4.42 Å². The number of hydrogen-bond acceptors (Lipinski definition) is 1. The first kappa shape index (κ1) is 11.5. The summed E-state index contributed by atoms with van der Waals surface area (Å²) >= 11 is 3.83. The van der Waals surface area contributed by atoms with Gasteiger partial charge < -0.3 is 0 Å². The van der Waals surface area contributed by atoms with E-state index in [1.54, 1.807) is 0 Å². The molecule has 0 bridgehead atoms. The first-order chi connectivity index (χ1) is 9.33. The summed E-state index contributed by atoms with van der Waals surface area (Å²) in [6, 6.07) is 16.7. The minimum absolute atomic E-state index is 0.353. The van der Waals surface area contributed by atoms with Gasteiger partial charge in [0.25, 0.3) is 0 Å². The first-order valence-electron chi connectivity index (χ1n) is 5.97. The van der Waals surface area contributed by atoms with Gasteiger partial charge in [0.05, 0.1) is 0 Å². The summed E-state index contributed by atoms with van der Waals surface area (Å²) in [5, 5.41) is 2.50. The summed E-state index contributed by atoms with van der Waals surface area (Å²) in [5.41, 5.74) is 3.30. The van der Waals surface area contributed by atoms with E-state index in [9.17, 15) is 0 Å². The molecule has 0 saturated carbocycles. The number of para-hydroxylation sites is 1. The van der Waals surface area contributed by atoms with Gasteiger partial charge in [-0.15, -0.1) is 0 Å². The Labute approximate surface area is 124 Å². The van der Waals surface area contributed by atoms with E-state index in [4.69, 9.17) is 4.42 Å². The van der Waals surface area contributed by atoms with Crippen molar-refractivity contribution in [3.05, 3.63) is 57.9 Å². The Morgan fingerprint density at radius 2 is 1.68 bits per heavy atom. The van der Waals surface area contributed by atoms with Crippen LogP contribution in [0.15, 0.2) is 62.4 Å². The van der Waals surface area contributed by atoms with Gasteiger partial charge in [-0.05, 0) is 0 Å². The van der Waals surface area contributed by atoms with Crippen LogP contribution >= 0.6 is 15.9 Å². The van der Waals surface area contributed by atoms with Crippen LogP contribution in [0.4, 0.5) is 0 Å². The third-order valence-electron chi connectivity index (χ3n) is 3.24. The Kier molecular flexibility index (Phi) is 2.66. The van der Waals surface area contributed by atoms with Gasteiger partial charge in [-0.3, -0.25) is 0 Å². The molecule has 19 heavy (non-hydrogen) atoms. The Balaban J connectivity index is 2.02. The average Bonchev–Trinajstić information content (AvgIpc) is 2.98. The molecule has 92 valence electrons. The first-order valence-corrected chi connectivity index (χ1v) is 8.61. The van der Waals surface area contributed by atoms with Gasteiger partial charge in [0.15, 0.2) is 0 Å². The minimum atomic E-state index is 0.353. The van der Waals surface area contributed by atoms with Gasteiger partial charge in [-0.1, -0.05) is 0 Å². The van der Waals surface area contributed by atoms with Crippen molar-refractivity contribution in [2.45, 2.75) is 0 Å². The second-order valence-corrected chi connectivity index (χ2v) is 7.17. The zero-order chi connectivity index (χ0) is 12.8. The van der Waals surface area contributed by atoms with Crippen molar-refractivity contribution in [1.82, 2.24) is 0 Å². The van der Waals surface area contributed by atoms with Crippen LogP contribution in [0.3, 0.4) is 0 Å². The van der Waals surface area contributed by atoms with E-state index in [1.165, 1.54) is 20.8 Å². The van der Waals surface area contributed by atoms with Gasteiger partial charge >= 0.3 is 125 Å². The van der Waals surface area contributed by atoms with Crippen molar-refractivity contribution >= 4 is 52.4 Å². The zero-order valence-electron chi connectivity index (χ0n) is 9.89. The molecule has 3 heteroatoms. The van der Waals surface area contributed by atoms with Crippen molar-refractivity contribution in [1.29, 1.82) is 0 Å². The standard InChI is InChI=1S/C16H9BrOSe/c17-11-7-5-10(6-8-11)16-15-13(9-19-16)12-3-1-2-4-14(12)18-15/h1-9H. The average molecular weight is 376 g/mol. The molecule has 0 fully saturated rings. The van der Waals surface area contributed by atoms with Crippen LogP contribution in [0.1, 0.15) is 0 Å². The van der Waals surface area contributed by atoms with E-state index in [0.29, 0.717) is 14.5 Å². The van der Waals surface area contributed by atoms with Crippen LogP contribution in [0.25, 0.3) is 31.9 Å². The molecule has 0 amide bonds. The third-order valence-corrected chi connectivity index (χ3v) is 5.89. The maximum atomic E-state index is 6.04. The summed E-state index contributed by atoms with van der Waals surface area (Å²) in [5.74, 6) is 0. The molecule has 0 aliphatic heterocycles. The van der Waals surface area contributed by atoms with Crippen LogP contribution in [-0.4, -0.2) is 14.5 Å². The van der Waals surface area contributed by atoms with Gasteiger partial charge in [0.2, 0.25) is 0 Å². The Morgan fingerprint density at radius 1 is 0.895 bits per heavy atom. The van der Waals surface area contributed by atoms with Crippen molar-refractivity contribution in [2.75, 3.05) is 0 Å². The predicted octanol–water partition coefficient (Wildman–Crippen LogP) is 5.07. The van der Waals surface area contributed by atoms with Crippen LogP contribution in [0.2, 0.25) is 0 Å². The summed E-state index contributed by atoms with van der Waals surface area (Å²) in [6.07, 6.45) is 0. The van der Waals surface area contributed by atoms with Crippen molar-refractivity contribution in [3.63, 3.8) is 0 Å². The van der Waals surface area contributed by atoms with Gasteiger partial charge in [0, 0.05) is 0 Å². The number of rotatable bonds is 1. The summed E-state index contributed by atoms with van der Waals surface area (Å²) in [7, 11) is 0. The third kappa shape index (κ3) is 1.81. The number of furan rings is 1. The molecule has 4 aromatic rings. The van der Waals surface area contributed by atoms with E-state index in [1.807, 2.05) is 12.1 Å². The fraction of sp³-hybridized carbons (Fsp3) is 0. The molecule has 4 rings (SSSR count). The Morgan fingerprint density at radius 3 is 2.53 bits per heavy atom. The molecule has 2 aromatic heterocycles.